The molecule has 0 aliphatic heterocycles. The molecule has 0 aromatic rings. The maximum absolute atomic E-state index is 12.5. The molecular formula is C23H40N3OP. The number of likely N-dealkylation sites (N-methyl/N-ethyl adjacent to an activating group) is 2. The summed E-state index contributed by atoms with van der Waals surface area (Å²) < 4.78 is 0. The van der Waals surface area contributed by atoms with E-state index in [0.717, 1.165) is 23.5 Å². The van der Waals surface area contributed by atoms with Gasteiger partial charge in [0.15, 0.2) is 0 Å². The van der Waals surface area contributed by atoms with Crippen molar-refractivity contribution in [1.82, 2.24) is 15.5 Å². The molecule has 2 unspecified atom stereocenters. The van der Waals surface area contributed by atoms with Crippen LogP contribution in [0.25, 0.3) is 0 Å². The SMILES string of the molecule is C=C(/C(=C\C(=C/C)NC)CC(=O)NCC(C)/C=C\C(P)=C/C(C)C)N(C)CC. The van der Waals surface area contributed by atoms with Crippen molar-refractivity contribution >= 4 is 15.1 Å². The van der Waals surface area contributed by atoms with Crippen molar-refractivity contribution in [1.29, 1.82) is 0 Å². The van der Waals surface area contributed by atoms with E-state index in [1.165, 1.54) is 5.31 Å². The van der Waals surface area contributed by atoms with Gasteiger partial charge >= 0.3 is 0 Å². The van der Waals surface area contributed by atoms with Crippen LogP contribution in [0.1, 0.15) is 41.0 Å². The number of carbonyl (C=O) groups is 1. The number of hydrogen-bond donors (Lipinski definition) is 2. The van der Waals surface area contributed by atoms with E-state index in [-0.39, 0.29) is 11.8 Å². The summed E-state index contributed by atoms with van der Waals surface area (Å²) in [6, 6.07) is 0. The molecule has 28 heavy (non-hydrogen) atoms. The van der Waals surface area contributed by atoms with Gasteiger partial charge in [-0.05, 0) is 42.6 Å². The van der Waals surface area contributed by atoms with Gasteiger partial charge in [-0.1, -0.05) is 51.7 Å². The second kappa shape index (κ2) is 14.2. The van der Waals surface area contributed by atoms with Gasteiger partial charge in [0.1, 0.15) is 0 Å². The lowest BCUT2D eigenvalue weighted by molar-refractivity contribution is -0.120. The van der Waals surface area contributed by atoms with Crippen LogP contribution in [0.2, 0.25) is 0 Å². The Hall–Kier alpha value is -1.80. The van der Waals surface area contributed by atoms with Gasteiger partial charge in [0.05, 0.1) is 6.42 Å². The zero-order valence-corrected chi connectivity index (χ0v) is 20.0. The molecule has 0 fully saturated rings. The lowest BCUT2D eigenvalue weighted by Gasteiger charge is -2.22. The van der Waals surface area contributed by atoms with Crippen molar-refractivity contribution in [2.75, 3.05) is 27.2 Å². The van der Waals surface area contributed by atoms with Crippen LogP contribution >= 0.6 is 9.24 Å². The highest BCUT2D eigenvalue weighted by atomic mass is 31.0. The summed E-state index contributed by atoms with van der Waals surface area (Å²) in [4.78, 5) is 14.6. The van der Waals surface area contributed by atoms with Crippen molar-refractivity contribution < 1.29 is 4.79 Å². The molecule has 0 aromatic heterocycles. The van der Waals surface area contributed by atoms with Gasteiger partial charge in [0.2, 0.25) is 5.91 Å². The van der Waals surface area contributed by atoms with Crippen molar-refractivity contribution in [2.45, 2.75) is 41.0 Å². The third kappa shape index (κ3) is 11.1. The van der Waals surface area contributed by atoms with E-state index in [4.69, 9.17) is 0 Å². The molecule has 0 saturated carbocycles. The molecule has 2 N–H and O–H groups in total. The molecule has 5 heteroatoms. The number of rotatable bonds is 12. The molecular weight excluding hydrogens is 365 g/mol. The summed E-state index contributed by atoms with van der Waals surface area (Å²) in [6.45, 7) is 16.1. The van der Waals surface area contributed by atoms with Crippen LogP contribution in [-0.2, 0) is 4.79 Å². The van der Waals surface area contributed by atoms with Gasteiger partial charge < -0.3 is 15.5 Å². The molecule has 0 radical (unpaired) electrons. The Balaban J connectivity index is 4.96. The summed E-state index contributed by atoms with van der Waals surface area (Å²) in [5, 5.41) is 7.35. The van der Waals surface area contributed by atoms with Crippen molar-refractivity contribution in [3.05, 3.63) is 59.2 Å². The smallest absolute Gasteiger partial charge is 0.224 e. The molecule has 0 aromatic carbocycles. The first-order valence-electron chi connectivity index (χ1n) is 10.0. The third-order valence-electron chi connectivity index (χ3n) is 4.35. The number of hydrogen-bond acceptors (Lipinski definition) is 3. The van der Waals surface area contributed by atoms with E-state index in [1.807, 2.05) is 33.2 Å². The van der Waals surface area contributed by atoms with Crippen LogP contribution in [0.15, 0.2) is 59.2 Å². The van der Waals surface area contributed by atoms with E-state index in [1.54, 1.807) is 0 Å². The minimum absolute atomic E-state index is 0.00697. The molecule has 0 saturated heterocycles. The van der Waals surface area contributed by atoms with Gasteiger partial charge in [0.25, 0.3) is 0 Å². The van der Waals surface area contributed by atoms with E-state index in [0.29, 0.717) is 18.9 Å². The zero-order chi connectivity index (χ0) is 21.7. The average molecular weight is 406 g/mol. The van der Waals surface area contributed by atoms with Gasteiger partial charge in [-0.2, -0.15) is 0 Å². The second-order valence-corrected chi connectivity index (χ2v) is 8.02. The first-order chi connectivity index (χ1) is 13.1. The molecule has 0 bridgehead atoms. The molecule has 0 spiro atoms. The van der Waals surface area contributed by atoms with E-state index in [2.05, 4.69) is 77.3 Å². The zero-order valence-electron chi connectivity index (χ0n) is 18.8. The number of amides is 1. The van der Waals surface area contributed by atoms with Gasteiger partial charge in [-0.15, -0.1) is 9.24 Å². The van der Waals surface area contributed by atoms with E-state index in [9.17, 15) is 4.79 Å². The largest absolute Gasteiger partial charge is 0.388 e. The topological polar surface area (TPSA) is 44.4 Å². The standard InChI is InChI=1S/C23H40N3OP/c1-9-21(24-7)14-20(19(6)26(8)10-2)15-23(27)25-16-18(5)11-12-22(28)13-17(3)4/h9,11-14,17-18,24H,6,10,15-16,28H2,1-5,7-8H3,(H,25,27)/b12-11-,20-14-,21-9+,22-13+. The average Bonchev–Trinajstić information content (AvgIpc) is 2.66. The Labute approximate surface area is 175 Å². The van der Waals surface area contributed by atoms with Crippen molar-refractivity contribution in [3.63, 3.8) is 0 Å². The lowest BCUT2D eigenvalue weighted by atomic mass is 10.1. The molecule has 158 valence electrons. The molecule has 4 nitrogen and oxygen atoms in total. The van der Waals surface area contributed by atoms with Gasteiger partial charge in [0, 0.05) is 38.6 Å². The van der Waals surface area contributed by atoms with Gasteiger partial charge in [-0.25, -0.2) is 0 Å². The van der Waals surface area contributed by atoms with Crippen LogP contribution in [0, 0.1) is 11.8 Å². The second-order valence-electron chi connectivity index (χ2n) is 7.35. The third-order valence-corrected chi connectivity index (χ3v) is 4.74. The minimum atomic E-state index is 0.00697. The van der Waals surface area contributed by atoms with E-state index < -0.39 is 0 Å². The van der Waals surface area contributed by atoms with Crippen LogP contribution in [0.5, 0.6) is 0 Å². The quantitative estimate of drug-likeness (QED) is 0.368. The fraction of sp³-hybridized carbons (Fsp3) is 0.522. The van der Waals surface area contributed by atoms with Crippen LogP contribution in [-0.4, -0.2) is 38.0 Å². The van der Waals surface area contributed by atoms with Crippen LogP contribution < -0.4 is 10.6 Å². The number of allylic oxidation sites excluding steroid dienone is 6. The molecule has 0 rings (SSSR count). The Morgan fingerprint density at radius 2 is 1.93 bits per heavy atom. The lowest BCUT2D eigenvalue weighted by Crippen LogP contribution is -2.29. The normalized spacial score (nSPS) is 14.4. The summed E-state index contributed by atoms with van der Waals surface area (Å²) in [5.74, 6) is 0.788. The predicted molar refractivity (Wildman–Crippen MR) is 127 cm³/mol. The maximum Gasteiger partial charge on any atom is 0.224 e. The maximum atomic E-state index is 12.5. The Morgan fingerprint density at radius 1 is 1.29 bits per heavy atom. The molecule has 0 aliphatic rings. The number of carbonyl (C=O) groups excluding carboxylic acids is 1. The van der Waals surface area contributed by atoms with Gasteiger partial charge in [-0.3, -0.25) is 4.79 Å². The fourth-order valence-corrected chi connectivity index (χ4v) is 2.95. The highest BCUT2D eigenvalue weighted by Gasteiger charge is 2.13. The molecule has 0 heterocycles. The first kappa shape index (κ1) is 26.2. The Bertz CT molecular complexity index is 630. The molecule has 2 atom stereocenters. The molecule has 1 amide bonds. The Kier molecular flexibility index (Phi) is 13.3. The van der Waals surface area contributed by atoms with Crippen molar-refractivity contribution in [2.24, 2.45) is 11.8 Å². The summed E-state index contributed by atoms with van der Waals surface area (Å²) >= 11 is 0. The Morgan fingerprint density at radius 3 is 2.43 bits per heavy atom. The monoisotopic (exact) mass is 405 g/mol. The van der Waals surface area contributed by atoms with Crippen molar-refractivity contribution in [3.8, 4) is 0 Å². The van der Waals surface area contributed by atoms with Crippen LogP contribution in [0.3, 0.4) is 0 Å². The van der Waals surface area contributed by atoms with Crippen LogP contribution in [0.4, 0.5) is 0 Å². The highest BCUT2D eigenvalue weighted by molar-refractivity contribution is 7.22. The highest BCUT2D eigenvalue weighted by Crippen LogP contribution is 2.18. The first-order valence-corrected chi connectivity index (χ1v) is 10.6. The number of nitrogens with zero attached hydrogens (tertiary/aromatic N) is 1. The predicted octanol–water partition coefficient (Wildman–Crippen LogP) is 4.62. The summed E-state index contributed by atoms with van der Waals surface area (Å²) in [6.07, 6.45) is 10.7. The number of nitrogens with one attached hydrogen (secondary N) is 2. The fourth-order valence-electron chi connectivity index (χ4n) is 2.45. The minimum Gasteiger partial charge on any atom is -0.388 e. The molecule has 0 aliphatic carbocycles. The summed E-state index contributed by atoms with van der Waals surface area (Å²) in [5.41, 5.74) is 2.75. The summed E-state index contributed by atoms with van der Waals surface area (Å²) in [7, 11) is 6.61. The van der Waals surface area contributed by atoms with E-state index >= 15 is 0 Å².